The van der Waals surface area contributed by atoms with Crippen molar-refractivity contribution in [1.29, 1.82) is 0 Å². The first-order valence-electron chi connectivity index (χ1n) is 8.44. The lowest BCUT2D eigenvalue weighted by Crippen LogP contribution is -2.33. The van der Waals surface area contributed by atoms with E-state index in [1.165, 1.54) is 11.1 Å². The van der Waals surface area contributed by atoms with Gasteiger partial charge >= 0.3 is 0 Å². The quantitative estimate of drug-likeness (QED) is 0.840. The summed E-state index contributed by atoms with van der Waals surface area (Å²) in [5.74, 6) is 0.276. The molecule has 0 radical (unpaired) electrons. The Balaban J connectivity index is 2.18. The molecule has 2 aromatic rings. The molecule has 0 bridgehead atoms. The maximum absolute atomic E-state index is 13.0. The summed E-state index contributed by atoms with van der Waals surface area (Å²) in [4.78, 5) is 0. The summed E-state index contributed by atoms with van der Waals surface area (Å²) >= 11 is 0. The fraction of sp³-hybridized carbons (Fsp3) is 0.400. The zero-order chi connectivity index (χ0) is 16.5. The standard InChI is InChI=1S/C20H24O2S/c1-3-16-6-10-18(11-7-16)20(14-5-15-23(20,21)22)19-12-8-17(4-2)9-13-19/h6-13H,3-5,14-15H2,1-2H3. The second kappa shape index (κ2) is 6.12. The van der Waals surface area contributed by atoms with E-state index < -0.39 is 14.6 Å². The minimum Gasteiger partial charge on any atom is -0.228 e. The molecule has 0 aromatic heterocycles. The Kier molecular flexibility index (Phi) is 4.33. The summed E-state index contributed by atoms with van der Waals surface area (Å²) in [6.07, 6.45) is 3.33. The lowest BCUT2D eigenvalue weighted by molar-refractivity contribution is 0.565. The fourth-order valence-electron chi connectivity index (χ4n) is 3.67. The van der Waals surface area contributed by atoms with Gasteiger partial charge in [-0.1, -0.05) is 62.4 Å². The first kappa shape index (κ1) is 16.3. The molecule has 1 heterocycles. The normalized spacial score (nSPS) is 18.9. The van der Waals surface area contributed by atoms with Crippen LogP contribution in [0.15, 0.2) is 48.5 Å². The average molecular weight is 328 g/mol. The van der Waals surface area contributed by atoms with Crippen LogP contribution in [0.2, 0.25) is 0 Å². The van der Waals surface area contributed by atoms with E-state index in [0.29, 0.717) is 6.42 Å². The Labute approximate surface area is 139 Å². The van der Waals surface area contributed by atoms with E-state index in [0.717, 1.165) is 30.4 Å². The smallest absolute Gasteiger partial charge is 0.164 e. The van der Waals surface area contributed by atoms with Gasteiger partial charge in [-0.2, -0.15) is 0 Å². The lowest BCUT2D eigenvalue weighted by atomic mass is 9.86. The number of sulfone groups is 1. The summed E-state index contributed by atoms with van der Waals surface area (Å²) in [6.45, 7) is 4.22. The number of rotatable bonds is 4. The predicted octanol–water partition coefficient (Wildman–Crippen LogP) is 4.26. The van der Waals surface area contributed by atoms with E-state index in [4.69, 9.17) is 0 Å². The Bertz CT molecular complexity index is 724. The molecule has 23 heavy (non-hydrogen) atoms. The number of aryl methyl sites for hydroxylation is 2. The van der Waals surface area contributed by atoms with Crippen LogP contribution in [-0.4, -0.2) is 14.2 Å². The van der Waals surface area contributed by atoms with E-state index >= 15 is 0 Å². The average Bonchev–Trinajstić information content (AvgIpc) is 2.91. The van der Waals surface area contributed by atoms with Gasteiger partial charge in [0.1, 0.15) is 4.75 Å². The van der Waals surface area contributed by atoms with E-state index in [-0.39, 0.29) is 5.75 Å². The van der Waals surface area contributed by atoms with Crippen molar-refractivity contribution in [3.8, 4) is 0 Å². The molecule has 1 saturated heterocycles. The molecule has 0 spiro atoms. The van der Waals surface area contributed by atoms with Gasteiger partial charge in [-0.25, -0.2) is 8.42 Å². The Morgan fingerprint density at radius 3 is 1.57 bits per heavy atom. The van der Waals surface area contributed by atoms with Crippen LogP contribution in [-0.2, 0) is 27.4 Å². The molecule has 0 N–H and O–H groups in total. The summed E-state index contributed by atoms with van der Waals surface area (Å²) in [6, 6.07) is 16.3. The first-order chi connectivity index (χ1) is 11.0. The molecule has 3 rings (SSSR count). The topological polar surface area (TPSA) is 34.1 Å². The summed E-state index contributed by atoms with van der Waals surface area (Å²) in [7, 11) is -3.19. The van der Waals surface area contributed by atoms with Crippen LogP contribution in [0, 0.1) is 0 Å². The molecular formula is C20H24O2S. The zero-order valence-electron chi connectivity index (χ0n) is 13.9. The largest absolute Gasteiger partial charge is 0.228 e. The van der Waals surface area contributed by atoms with Gasteiger partial charge in [0, 0.05) is 0 Å². The van der Waals surface area contributed by atoms with Crippen LogP contribution < -0.4 is 0 Å². The number of hydrogen-bond donors (Lipinski definition) is 0. The third kappa shape index (κ3) is 2.61. The molecule has 0 amide bonds. The summed E-state index contributed by atoms with van der Waals surface area (Å²) in [5, 5.41) is 0. The maximum Gasteiger partial charge on any atom is 0.164 e. The van der Waals surface area contributed by atoms with Gasteiger partial charge in [-0.3, -0.25) is 0 Å². The molecular weight excluding hydrogens is 304 g/mol. The van der Waals surface area contributed by atoms with Crippen molar-refractivity contribution in [3.63, 3.8) is 0 Å². The van der Waals surface area contributed by atoms with Crippen LogP contribution in [0.25, 0.3) is 0 Å². The van der Waals surface area contributed by atoms with Crippen LogP contribution in [0.3, 0.4) is 0 Å². The van der Waals surface area contributed by atoms with Crippen LogP contribution in [0.5, 0.6) is 0 Å². The van der Waals surface area contributed by atoms with Gasteiger partial charge in [-0.15, -0.1) is 0 Å². The van der Waals surface area contributed by atoms with Crippen molar-refractivity contribution in [2.24, 2.45) is 0 Å². The summed E-state index contributed by atoms with van der Waals surface area (Å²) < 4.78 is 25.1. The molecule has 0 atom stereocenters. The van der Waals surface area contributed by atoms with Crippen LogP contribution in [0.1, 0.15) is 48.9 Å². The van der Waals surface area contributed by atoms with Crippen molar-refractivity contribution >= 4 is 9.84 Å². The molecule has 1 fully saturated rings. The Morgan fingerprint density at radius 2 is 1.26 bits per heavy atom. The minimum atomic E-state index is -3.19. The maximum atomic E-state index is 13.0. The zero-order valence-corrected chi connectivity index (χ0v) is 14.7. The van der Waals surface area contributed by atoms with E-state index in [1.54, 1.807) is 0 Å². The second-order valence-electron chi connectivity index (χ2n) is 6.35. The van der Waals surface area contributed by atoms with Gasteiger partial charge in [0.05, 0.1) is 5.75 Å². The molecule has 2 aromatic carbocycles. The SMILES string of the molecule is CCc1ccc(C2(c3ccc(CC)cc3)CCCS2(=O)=O)cc1. The molecule has 3 heteroatoms. The fourth-order valence-corrected chi connectivity index (χ4v) is 5.99. The highest BCUT2D eigenvalue weighted by molar-refractivity contribution is 7.92. The molecule has 1 aliphatic rings. The minimum absolute atomic E-state index is 0.276. The molecule has 2 nitrogen and oxygen atoms in total. The van der Waals surface area contributed by atoms with Crippen molar-refractivity contribution in [2.75, 3.05) is 5.75 Å². The van der Waals surface area contributed by atoms with Crippen molar-refractivity contribution in [1.82, 2.24) is 0 Å². The second-order valence-corrected chi connectivity index (χ2v) is 8.69. The van der Waals surface area contributed by atoms with E-state index in [2.05, 4.69) is 38.1 Å². The third-order valence-corrected chi connectivity index (χ3v) is 7.69. The third-order valence-electron chi connectivity index (χ3n) is 5.13. The van der Waals surface area contributed by atoms with E-state index in [9.17, 15) is 8.42 Å². The lowest BCUT2D eigenvalue weighted by Gasteiger charge is -2.29. The highest BCUT2D eigenvalue weighted by atomic mass is 32.2. The molecule has 0 unspecified atom stereocenters. The highest BCUT2D eigenvalue weighted by Crippen LogP contribution is 2.47. The van der Waals surface area contributed by atoms with Gasteiger partial charge in [0.25, 0.3) is 0 Å². The van der Waals surface area contributed by atoms with Crippen molar-refractivity contribution < 1.29 is 8.42 Å². The Morgan fingerprint density at radius 1 is 0.826 bits per heavy atom. The first-order valence-corrected chi connectivity index (χ1v) is 10.1. The molecule has 122 valence electrons. The monoisotopic (exact) mass is 328 g/mol. The van der Waals surface area contributed by atoms with Crippen LogP contribution in [0.4, 0.5) is 0 Å². The Hall–Kier alpha value is -1.61. The van der Waals surface area contributed by atoms with E-state index in [1.807, 2.05) is 24.3 Å². The highest BCUT2D eigenvalue weighted by Gasteiger charge is 2.50. The van der Waals surface area contributed by atoms with Crippen molar-refractivity contribution in [2.45, 2.75) is 44.3 Å². The van der Waals surface area contributed by atoms with Gasteiger partial charge in [-0.05, 0) is 47.9 Å². The summed E-state index contributed by atoms with van der Waals surface area (Å²) in [5.41, 5.74) is 4.30. The molecule has 1 aliphatic heterocycles. The molecule has 0 saturated carbocycles. The predicted molar refractivity (Wildman–Crippen MR) is 95.4 cm³/mol. The number of hydrogen-bond acceptors (Lipinski definition) is 2. The van der Waals surface area contributed by atoms with Gasteiger partial charge in [0.15, 0.2) is 9.84 Å². The number of benzene rings is 2. The van der Waals surface area contributed by atoms with Gasteiger partial charge in [0.2, 0.25) is 0 Å². The molecule has 0 aliphatic carbocycles. The van der Waals surface area contributed by atoms with Gasteiger partial charge < -0.3 is 0 Å². The van der Waals surface area contributed by atoms with Crippen molar-refractivity contribution in [3.05, 3.63) is 70.8 Å². The van der Waals surface area contributed by atoms with Crippen LogP contribution >= 0.6 is 0 Å².